The summed E-state index contributed by atoms with van der Waals surface area (Å²) < 4.78 is 4.30. The van der Waals surface area contributed by atoms with Crippen molar-refractivity contribution < 1.29 is 4.79 Å². The fraction of sp³-hybridized carbons (Fsp3) is 0.207. The molecule has 0 saturated heterocycles. The third kappa shape index (κ3) is 4.12. The van der Waals surface area contributed by atoms with E-state index in [2.05, 4.69) is 55.0 Å². The van der Waals surface area contributed by atoms with Crippen molar-refractivity contribution in [3.63, 3.8) is 0 Å². The molecule has 6 nitrogen and oxygen atoms in total. The van der Waals surface area contributed by atoms with E-state index in [1.165, 1.54) is 6.42 Å². The number of hydrogen-bond acceptors (Lipinski definition) is 3. The lowest BCUT2D eigenvalue weighted by atomic mass is 10.1. The molecule has 0 unspecified atom stereocenters. The van der Waals surface area contributed by atoms with Gasteiger partial charge in [0.15, 0.2) is 5.82 Å². The lowest BCUT2D eigenvalue weighted by molar-refractivity contribution is -0.116. The van der Waals surface area contributed by atoms with Crippen molar-refractivity contribution >= 4 is 22.5 Å². The van der Waals surface area contributed by atoms with Crippen LogP contribution in [0.2, 0.25) is 0 Å². The van der Waals surface area contributed by atoms with Gasteiger partial charge < -0.3 is 14.5 Å². The van der Waals surface area contributed by atoms with Crippen LogP contribution in [0.1, 0.15) is 25.1 Å². The molecule has 0 fully saturated rings. The molecule has 174 valence electrons. The van der Waals surface area contributed by atoms with Gasteiger partial charge in [0.25, 0.3) is 0 Å². The van der Waals surface area contributed by atoms with Gasteiger partial charge in [0.2, 0.25) is 5.91 Å². The summed E-state index contributed by atoms with van der Waals surface area (Å²) in [6.07, 6.45) is 4.42. The van der Waals surface area contributed by atoms with Crippen LogP contribution in [0.5, 0.6) is 0 Å². The van der Waals surface area contributed by atoms with Crippen molar-refractivity contribution in [1.82, 2.24) is 19.3 Å². The molecule has 3 aromatic carbocycles. The monoisotopic (exact) mass is 461 g/mol. The summed E-state index contributed by atoms with van der Waals surface area (Å²) in [6.45, 7) is 1.12. The molecule has 1 N–H and O–H groups in total. The highest BCUT2D eigenvalue weighted by Crippen LogP contribution is 2.31. The molecule has 0 radical (unpaired) electrons. The standard InChI is InChI=1S/C29H27N5O/c35-28(20-34-25-16-9-6-13-22(25)19-26(34)21-11-3-1-4-12-21)30-24-15-8-7-14-23(24)29-32-31-27-17-5-2-10-18-33(27)29/h1,3-4,6-9,11-16,19H,2,5,10,17-18,20H2,(H,30,35). The number of nitrogens with one attached hydrogen (secondary N) is 1. The number of para-hydroxylation sites is 2. The number of anilines is 1. The van der Waals surface area contributed by atoms with Gasteiger partial charge in [-0.25, -0.2) is 0 Å². The number of fused-ring (bicyclic) bond motifs is 2. The normalized spacial score (nSPS) is 13.4. The Bertz CT molecular complexity index is 1500. The minimum absolute atomic E-state index is 0.0772. The topological polar surface area (TPSA) is 64.7 Å². The van der Waals surface area contributed by atoms with Gasteiger partial charge in [0.1, 0.15) is 12.4 Å². The van der Waals surface area contributed by atoms with Gasteiger partial charge in [0, 0.05) is 35.1 Å². The number of carbonyl (C=O) groups is 1. The van der Waals surface area contributed by atoms with Crippen LogP contribution in [0.15, 0.2) is 84.9 Å². The maximum Gasteiger partial charge on any atom is 0.244 e. The van der Waals surface area contributed by atoms with Crippen molar-refractivity contribution in [3.05, 3.63) is 90.8 Å². The number of benzene rings is 3. The van der Waals surface area contributed by atoms with Crippen molar-refractivity contribution in [2.75, 3.05) is 5.32 Å². The summed E-state index contributed by atoms with van der Waals surface area (Å²) >= 11 is 0. The highest BCUT2D eigenvalue weighted by atomic mass is 16.1. The molecule has 1 aliphatic rings. The van der Waals surface area contributed by atoms with E-state index in [9.17, 15) is 4.79 Å². The van der Waals surface area contributed by atoms with Crippen LogP contribution in [-0.2, 0) is 24.3 Å². The molecular formula is C29H27N5O. The van der Waals surface area contributed by atoms with Gasteiger partial charge in [0.05, 0.1) is 5.69 Å². The molecule has 0 spiro atoms. The van der Waals surface area contributed by atoms with E-state index in [4.69, 9.17) is 0 Å². The minimum Gasteiger partial charge on any atom is -0.331 e. The van der Waals surface area contributed by atoms with Gasteiger partial charge in [-0.3, -0.25) is 4.79 Å². The van der Waals surface area contributed by atoms with Crippen molar-refractivity contribution in [2.24, 2.45) is 0 Å². The molecule has 5 aromatic rings. The van der Waals surface area contributed by atoms with Crippen LogP contribution in [0.4, 0.5) is 5.69 Å². The van der Waals surface area contributed by atoms with Crippen LogP contribution in [-0.4, -0.2) is 25.2 Å². The fourth-order valence-electron chi connectivity index (χ4n) is 5.03. The minimum atomic E-state index is -0.0772. The molecule has 0 bridgehead atoms. The second-order valence-corrected chi connectivity index (χ2v) is 9.04. The number of aromatic nitrogens is 4. The van der Waals surface area contributed by atoms with Gasteiger partial charge in [-0.15, -0.1) is 10.2 Å². The van der Waals surface area contributed by atoms with E-state index in [-0.39, 0.29) is 12.5 Å². The third-order valence-electron chi connectivity index (χ3n) is 6.73. The number of nitrogens with zero attached hydrogens (tertiary/aromatic N) is 4. The molecule has 2 aromatic heterocycles. The van der Waals surface area contributed by atoms with Crippen LogP contribution in [0.3, 0.4) is 0 Å². The Morgan fingerprint density at radius 2 is 1.66 bits per heavy atom. The van der Waals surface area contributed by atoms with Crippen LogP contribution in [0, 0.1) is 0 Å². The maximum absolute atomic E-state index is 13.4. The maximum atomic E-state index is 13.4. The molecule has 0 atom stereocenters. The summed E-state index contributed by atoms with van der Waals surface area (Å²) in [4.78, 5) is 13.4. The first-order chi connectivity index (χ1) is 17.3. The molecule has 35 heavy (non-hydrogen) atoms. The highest BCUT2D eigenvalue weighted by Gasteiger charge is 2.20. The van der Waals surface area contributed by atoms with E-state index in [0.29, 0.717) is 0 Å². The number of amides is 1. The van der Waals surface area contributed by atoms with E-state index < -0.39 is 0 Å². The zero-order valence-corrected chi connectivity index (χ0v) is 19.5. The van der Waals surface area contributed by atoms with Gasteiger partial charge in [-0.05, 0) is 42.7 Å². The average Bonchev–Trinajstić information content (AvgIpc) is 3.37. The molecular weight excluding hydrogens is 434 g/mol. The van der Waals surface area contributed by atoms with Gasteiger partial charge in [-0.2, -0.15) is 0 Å². The van der Waals surface area contributed by atoms with Crippen LogP contribution < -0.4 is 5.32 Å². The first kappa shape index (κ1) is 21.4. The summed E-state index contributed by atoms with van der Waals surface area (Å²) in [6, 6.07) is 28.4. The first-order valence-corrected chi connectivity index (χ1v) is 12.2. The Kier molecular flexibility index (Phi) is 5.62. The SMILES string of the molecule is O=C(Cn1c(-c2ccccc2)cc2ccccc21)Nc1ccccc1-c1nnc2n1CCCCC2. The van der Waals surface area contributed by atoms with E-state index in [0.717, 1.165) is 70.9 Å². The predicted octanol–water partition coefficient (Wildman–Crippen LogP) is 5.93. The Balaban J connectivity index is 1.33. The van der Waals surface area contributed by atoms with Crippen molar-refractivity contribution in [1.29, 1.82) is 0 Å². The molecule has 1 amide bonds. The van der Waals surface area contributed by atoms with Crippen molar-refractivity contribution in [2.45, 2.75) is 38.8 Å². The lowest BCUT2D eigenvalue weighted by Crippen LogP contribution is -2.20. The number of rotatable bonds is 5. The fourth-order valence-corrected chi connectivity index (χ4v) is 5.03. The zero-order chi connectivity index (χ0) is 23.6. The molecule has 0 aliphatic carbocycles. The first-order valence-electron chi connectivity index (χ1n) is 12.2. The van der Waals surface area contributed by atoms with E-state index in [1.54, 1.807) is 0 Å². The molecule has 1 aliphatic heterocycles. The largest absolute Gasteiger partial charge is 0.331 e. The van der Waals surface area contributed by atoms with Crippen molar-refractivity contribution in [3.8, 4) is 22.6 Å². The van der Waals surface area contributed by atoms with Gasteiger partial charge >= 0.3 is 0 Å². The number of carbonyl (C=O) groups excluding carboxylic acids is 1. The van der Waals surface area contributed by atoms with Gasteiger partial charge in [-0.1, -0.05) is 67.1 Å². The summed E-state index contributed by atoms with van der Waals surface area (Å²) in [5.41, 5.74) is 4.82. The average molecular weight is 462 g/mol. The summed E-state index contributed by atoms with van der Waals surface area (Å²) in [5, 5.41) is 13.2. The predicted molar refractivity (Wildman–Crippen MR) is 139 cm³/mol. The lowest BCUT2D eigenvalue weighted by Gasteiger charge is -2.14. The van der Waals surface area contributed by atoms with Crippen LogP contribution in [0.25, 0.3) is 33.5 Å². The molecule has 0 saturated carbocycles. The second-order valence-electron chi connectivity index (χ2n) is 9.04. The Labute approximate surface area is 204 Å². The smallest absolute Gasteiger partial charge is 0.244 e. The Hall–Kier alpha value is -4.19. The summed E-state index contributed by atoms with van der Waals surface area (Å²) in [5.74, 6) is 1.78. The molecule has 6 rings (SSSR count). The number of aryl methyl sites for hydroxylation is 1. The van der Waals surface area contributed by atoms with Crippen LogP contribution >= 0.6 is 0 Å². The van der Waals surface area contributed by atoms with E-state index >= 15 is 0 Å². The zero-order valence-electron chi connectivity index (χ0n) is 19.5. The molecule has 3 heterocycles. The third-order valence-corrected chi connectivity index (χ3v) is 6.73. The quantitative estimate of drug-likeness (QED) is 0.353. The summed E-state index contributed by atoms with van der Waals surface area (Å²) in [7, 11) is 0. The molecule has 6 heteroatoms. The number of hydrogen-bond donors (Lipinski definition) is 1. The Morgan fingerprint density at radius 1 is 0.857 bits per heavy atom. The van der Waals surface area contributed by atoms with E-state index in [1.807, 2.05) is 54.6 Å². The Morgan fingerprint density at radius 3 is 2.57 bits per heavy atom. The second kappa shape index (κ2) is 9.22. The highest BCUT2D eigenvalue weighted by molar-refractivity contribution is 5.96.